The maximum absolute atomic E-state index is 13.1. The molecule has 0 aliphatic heterocycles. The normalized spacial score (nSPS) is 36.3. The van der Waals surface area contributed by atoms with Gasteiger partial charge in [0.25, 0.3) is 5.91 Å². The van der Waals surface area contributed by atoms with E-state index in [-0.39, 0.29) is 23.1 Å². The molecule has 0 aromatic heterocycles. The quantitative estimate of drug-likeness (QED) is 0.761. The largest absolute Gasteiger partial charge is 0.344 e. The smallest absolute Gasteiger partial charge is 0.257 e. The molecule has 0 unspecified atom stereocenters. The maximum Gasteiger partial charge on any atom is 0.257 e. The monoisotopic (exact) mass is 321 g/mol. The molecule has 4 rings (SSSR count). The number of nitrogens with one attached hydrogen (secondary N) is 2. The molecule has 4 bridgehead atoms. The Morgan fingerprint density at radius 2 is 1.48 bits per heavy atom. The molecule has 0 spiro atoms. The number of rotatable bonds is 5. The van der Waals surface area contributed by atoms with E-state index < -0.39 is 6.04 Å². The van der Waals surface area contributed by atoms with Crippen molar-refractivity contribution in [1.82, 2.24) is 15.8 Å². The summed E-state index contributed by atoms with van der Waals surface area (Å²) in [5.74, 6) is 2.29. The van der Waals surface area contributed by atoms with Crippen molar-refractivity contribution in [3.05, 3.63) is 0 Å². The number of hydrogen-bond donors (Lipinski definition) is 2. The topological polar surface area (TPSA) is 61.4 Å². The van der Waals surface area contributed by atoms with Crippen LogP contribution in [0.3, 0.4) is 0 Å². The Kier molecular flexibility index (Phi) is 4.43. The first-order valence-electron chi connectivity index (χ1n) is 9.08. The first kappa shape index (κ1) is 16.7. The van der Waals surface area contributed by atoms with E-state index in [1.54, 1.807) is 19.1 Å². The summed E-state index contributed by atoms with van der Waals surface area (Å²) in [6, 6.07) is -0.460. The molecule has 4 aliphatic rings. The second-order valence-corrected chi connectivity index (χ2v) is 8.76. The van der Waals surface area contributed by atoms with Crippen molar-refractivity contribution < 1.29 is 9.59 Å². The van der Waals surface area contributed by atoms with Gasteiger partial charge in [-0.15, -0.1) is 0 Å². The van der Waals surface area contributed by atoms with E-state index in [9.17, 15) is 9.59 Å². The van der Waals surface area contributed by atoms with Gasteiger partial charge in [0.2, 0.25) is 5.91 Å². The van der Waals surface area contributed by atoms with Crippen LogP contribution >= 0.6 is 0 Å². The Labute approximate surface area is 139 Å². The molecule has 4 aliphatic carbocycles. The van der Waals surface area contributed by atoms with Crippen molar-refractivity contribution in [3.63, 3.8) is 0 Å². The van der Waals surface area contributed by atoms with E-state index in [1.807, 2.05) is 13.8 Å². The van der Waals surface area contributed by atoms with Gasteiger partial charge < -0.3 is 5.32 Å². The molecule has 0 aromatic rings. The van der Waals surface area contributed by atoms with Gasteiger partial charge in [-0.05, 0) is 62.2 Å². The fourth-order valence-electron chi connectivity index (χ4n) is 5.51. The number of carbonyl (C=O) groups excluding carboxylic acids is 2. The summed E-state index contributed by atoms with van der Waals surface area (Å²) in [6.07, 6.45) is 7.06. The molecular formula is C18H31N3O2. The van der Waals surface area contributed by atoms with Crippen molar-refractivity contribution in [2.75, 3.05) is 14.1 Å². The Morgan fingerprint density at radius 1 is 1.00 bits per heavy atom. The summed E-state index contributed by atoms with van der Waals surface area (Å²) in [5, 5.41) is 4.73. The van der Waals surface area contributed by atoms with Crippen molar-refractivity contribution in [2.24, 2.45) is 29.1 Å². The molecule has 0 radical (unpaired) electrons. The third-order valence-corrected chi connectivity index (χ3v) is 6.09. The maximum atomic E-state index is 13.1. The lowest BCUT2D eigenvalue weighted by atomic mass is 9.49. The first-order chi connectivity index (χ1) is 10.8. The highest BCUT2D eigenvalue weighted by Gasteiger charge is 2.55. The van der Waals surface area contributed by atoms with Crippen LogP contribution < -0.4 is 10.7 Å². The predicted molar refractivity (Wildman–Crippen MR) is 89.2 cm³/mol. The van der Waals surface area contributed by atoms with Crippen LogP contribution in [0.25, 0.3) is 0 Å². The van der Waals surface area contributed by atoms with Crippen molar-refractivity contribution in [3.8, 4) is 0 Å². The molecular weight excluding hydrogens is 290 g/mol. The number of amides is 2. The zero-order valence-electron chi connectivity index (χ0n) is 14.9. The Bertz CT molecular complexity index is 451. The molecule has 1 atom stereocenters. The summed E-state index contributed by atoms with van der Waals surface area (Å²) in [7, 11) is 3.58. The van der Waals surface area contributed by atoms with Crippen LogP contribution in [0.1, 0.15) is 52.4 Å². The van der Waals surface area contributed by atoms with Gasteiger partial charge >= 0.3 is 0 Å². The van der Waals surface area contributed by atoms with E-state index in [2.05, 4.69) is 10.7 Å². The Morgan fingerprint density at radius 3 is 1.87 bits per heavy atom. The molecule has 0 aromatic carbocycles. The summed E-state index contributed by atoms with van der Waals surface area (Å²) < 4.78 is 0. The third-order valence-electron chi connectivity index (χ3n) is 6.09. The molecule has 130 valence electrons. The lowest BCUT2D eigenvalue weighted by molar-refractivity contribution is -0.149. The minimum atomic E-state index is -0.460. The fraction of sp³-hybridized carbons (Fsp3) is 0.889. The highest BCUT2D eigenvalue weighted by molar-refractivity contribution is 5.90. The lowest BCUT2D eigenvalue weighted by Crippen LogP contribution is -2.59. The summed E-state index contributed by atoms with van der Waals surface area (Å²) in [4.78, 5) is 25.5. The molecule has 2 N–H and O–H groups in total. The van der Waals surface area contributed by atoms with E-state index >= 15 is 0 Å². The van der Waals surface area contributed by atoms with Crippen molar-refractivity contribution in [2.45, 2.75) is 58.4 Å². The second kappa shape index (κ2) is 6.08. The van der Waals surface area contributed by atoms with Crippen LogP contribution in [0.5, 0.6) is 0 Å². The van der Waals surface area contributed by atoms with E-state index in [0.717, 1.165) is 37.0 Å². The number of hydrogen-bond acceptors (Lipinski definition) is 3. The average molecular weight is 321 g/mol. The minimum absolute atomic E-state index is 0.0767. The van der Waals surface area contributed by atoms with Crippen LogP contribution in [0.15, 0.2) is 0 Å². The van der Waals surface area contributed by atoms with Crippen molar-refractivity contribution in [1.29, 1.82) is 0 Å². The van der Waals surface area contributed by atoms with Gasteiger partial charge in [-0.2, -0.15) is 0 Å². The van der Waals surface area contributed by atoms with Crippen LogP contribution in [-0.4, -0.2) is 37.0 Å². The van der Waals surface area contributed by atoms with E-state index in [1.165, 1.54) is 19.3 Å². The Balaban J connectivity index is 1.71. The van der Waals surface area contributed by atoms with Crippen LogP contribution in [0.2, 0.25) is 0 Å². The zero-order valence-corrected chi connectivity index (χ0v) is 14.9. The summed E-state index contributed by atoms with van der Waals surface area (Å²) in [5.41, 5.74) is 2.59. The van der Waals surface area contributed by atoms with Gasteiger partial charge in [0.1, 0.15) is 6.04 Å². The molecule has 2 amide bonds. The highest BCUT2D eigenvalue weighted by Crippen LogP contribution is 2.60. The molecule has 4 saturated carbocycles. The first-order valence-corrected chi connectivity index (χ1v) is 9.08. The van der Waals surface area contributed by atoms with Gasteiger partial charge in [0, 0.05) is 19.5 Å². The van der Waals surface area contributed by atoms with Crippen molar-refractivity contribution >= 4 is 11.8 Å². The zero-order chi connectivity index (χ0) is 16.8. The highest BCUT2D eigenvalue weighted by atomic mass is 16.2. The molecule has 5 nitrogen and oxygen atoms in total. The van der Waals surface area contributed by atoms with Gasteiger partial charge in [0.05, 0.1) is 0 Å². The number of hydrazine groups is 1. The average Bonchev–Trinajstić information content (AvgIpc) is 2.41. The van der Waals surface area contributed by atoms with Gasteiger partial charge in [-0.3, -0.25) is 15.0 Å². The van der Waals surface area contributed by atoms with Crippen LogP contribution in [0, 0.1) is 29.1 Å². The fourth-order valence-corrected chi connectivity index (χ4v) is 5.51. The number of carbonyl (C=O) groups is 2. The van der Waals surface area contributed by atoms with Gasteiger partial charge in [-0.25, -0.2) is 5.01 Å². The SMILES string of the molecule is CC(C)[C@@H](NC(=O)C12CC3CC(CC(C3)C1)C2)C(=O)NN(C)C. The predicted octanol–water partition coefficient (Wildman–Crippen LogP) is 1.94. The van der Waals surface area contributed by atoms with E-state index in [4.69, 9.17) is 0 Å². The minimum Gasteiger partial charge on any atom is -0.344 e. The standard InChI is InChI=1S/C18H31N3O2/c1-11(2)15(16(22)20-21(3)4)19-17(23)18-8-12-5-13(9-18)7-14(6-12)10-18/h11-15H,5-10H2,1-4H3,(H,19,23)(H,20,22)/t12?,13?,14?,15-,18?/m1/s1. The van der Waals surface area contributed by atoms with Crippen LogP contribution in [-0.2, 0) is 9.59 Å². The molecule has 0 saturated heterocycles. The number of nitrogens with zero attached hydrogens (tertiary/aromatic N) is 1. The Hall–Kier alpha value is -1.10. The van der Waals surface area contributed by atoms with Crippen LogP contribution in [0.4, 0.5) is 0 Å². The summed E-state index contributed by atoms with van der Waals surface area (Å²) in [6.45, 7) is 3.97. The lowest BCUT2D eigenvalue weighted by Gasteiger charge is -2.55. The second-order valence-electron chi connectivity index (χ2n) is 8.76. The molecule has 4 fully saturated rings. The van der Waals surface area contributed by atoms with Gasteiger partial charge in [0.15, 0.2) is 0 Å². The van der Waals surface area contributed by atoms with Gasteiger partial charge in [-0.1, -0.05) is 13.8 Å². The molecule has 5 heteroatoms. The summed E-state index contributed by atoms with van der Waals surface area (Å²) >= 11 is 0. The third kappa shape index (κ3) is 3.25. The molecule has 23 heavy (non-hydrogen) atoms. The molecule has 0 heterocycles. The van der Waals surface area contributed by atoms with E-state index in [0.29, 0.717) is 0 Å².